The lowest BCUT2D eigenvalue weighted by Gasteiger charge is -2.32. The number of rotatable bonds is 9. The topological polar surface area (TPSA) is 136 Å². The maximum Gasteiger partial charge on any atom is 0.305 e. The van der Waals surface area contributed by atoms with Crippen molar-refractivity contribution in [1.82, 2.24) is 9.62 Å². The zero-order chi connectivity index (χ0) is 20.5. The Morgan fingerprint density at radius 2 is 2.14 bits per heavy atom. The van der Waals surface area contributed by atoms with Crippen LogP contribution in [0, 0.1) is 5.92 Å². The summed E-state index contributed by atoms with van der Waals surface area (Å²) in [4.78, 5) is 11.5. The first-order valence-electron chi connectivity index (χ1n) is 9.18. The predicted molar refractivity (Wildman–Crippen MR) is 104 cm³/mol. The summed E-state index contributed by atoms with van der Waals surface area (Å²) >= 11 is 0.680. The van der Waals surface area contributed by atoms with Crippen LogP contribution in [0.5, 0.6) is 0 Å². The number of esters is 1. The van der Waals surface area contributed by atoms with E-state index >= 15 is 0 Å². The summed E-state index contributed by atoms with van der Waals surface area (Å²) in [6, 6.07) is 1.06. The van der Waals surface area contributed by atoms with Crippen molar-refractivity contribution in [2.24, 2.45) is 11.1 Å². The number of thiophene rings is 1. The molecule has 0 radical (unpaired) electrons. The number of nitrogens with two attached hydrogens (primary N) is 1. The summed E-state index contributed by atoms with van der Waals surface area (Å²) in [6.45, 7) is 3.09. The number of nitrogens with zero attached hydrogens (tertiary/aromatic N) is 1. The maximum atomic E-state index is 13.0. The fourth-order valence-electron chi connectivity index (χ4n) is 3.12. The molecule has 0 unspecified atom stereocenters. The van der Waals surface area contributed by atoms with Gasteiger partial charge in [0.1, 0.15) is 8.42 Å². The first kappa shape index (κ1) is 21.7. The van der Waals surface area contributed by atoms with Gasteiger partial charge in [-0.3, -0.25) is 4.79 Å². The second-order valence-electron chi connectivity index (χ2n) is 7.03. The molecule has 1 saturated carbocycles. The zero-order valence-corrected chi connectivity index (χ0v) is 18.0. The standard InChI is InChI=1S/C16H25N3O6S3/c1-2-25-14(20)4-3-7-19-10-13(18-9-11-5-6-11)12-8-15(27(17,21)22)26-16(12)28(19,23)24/h8,11,13,18H,2-7,9-10H2,1H3,(H2,17,21,22)/t13-/m0/s1. The number of primary sulfonamides is 1. The minimum absolute atomic E-state index is 0.00667. The predicted octanol–water partition coefficient (Wildman–Crippen LogP) is 0.784. The number of carbonyl (C=O) groups excluding carboxylic acids is 1. The molecule has 1 atom stereocenters. The highest BCUT2D eigenvalue weighted by Crippen LogP contribution is 2.40. The summed E-state index contributed by atoms with van der Waals surface area (Å²) in [5, 5.41) is 8.58. The van der Waals surface area contributed by atoms with E-state index in [2.05, 4.69) is 5.32 Å². The number of ether oxygens (including phenoxy) is 1. The smallest absolute Gasteiger partial charge is 0.305 e. The summed E-state index contributed by atoms with van der Waals surface area (Å²) < 4.78 is 55.5. The van der Waals surface area contributed by atoms with Gasteiger partial charge in [-0.2, -0.15) is 4.31 Å². The number of hydrogen-bond donors (Lipinski definition) is 2. The summed E-state index contributed by atoms with van der Waals surface area (Å²) in [5.74, 6) is 0.212. The molecule has 1 aliphatic heterocycles. The van der Waals surface area contributed by atoms with Crippen LogP contribution >= 0.6 is 11.3 Å². The normalized spacial score (nSPS) is 22.0. The van der Waals surface area contributed by atoms with E-state index in [-0.39, 0.29) is 46.5 Å². The van der Waals surface area contributed by atoms with Crippen molar-refractivity contribution in [2.75, 3.05) is 26.2 Å². The maximum absolute atomic E-state index is 13.0. The molecule has 28 heavy (non-hydrogen) atoms. The van der Waals surface area contributed by atoms with Gasteiger partial charge in [0.15, 0.2) is 0 Å². The molecular formula is C16H25N3O6S3. The van der Waals surface area contributed by atoms with Crippen LogP contribution in [0.15, 0.2) is 14.5 Å². The van der Waals surface area contributed by atoms with Crippen LogP contribution in [0.4, 0.5) is 0 Å². The minimum Gasteiger partial charge on any atom is -0.466 e. The van der Waals surface area contributed by atoms with Gasteiger partial charge < -0.3 is 10.1 Å². The summed E-state index contributed by atoms with van der Waals surface area (Å²) in [5.41, 5.74) is 0.455. The van der Waals surface area contributed by atoms with E-state index < -0.39 is 20.0 Å². The molecule has 0 amide bonds. The Morgan fingerprint density at radius 3 is 2.75 bits per heavy atom. The second kappa shape index (κ2) is 8.36. The minimum atomic E-state index is -3.99. The molecule has 1 aromatic heterocycles. The molecule has 1 aromatic rings. The molecule has 2 aliphatic rings. The number of sulfonamides is 2. The van der Waals surface area contributed by atoms with Crippen molar-refractivity contribution in [3.63, 3.8) is 0 Å². The Balaban J connectivity index is 1.82. The van der Waals surface area contributed by atoms with Gasteiger partial charge in [0.2, 0.25) is 10.0 Å². The van der Waals surface area contributed by atoms with Crippen molar-refractivity contribution in [3.05, 3.63) is 11.6 Å². The van der Waals surface area contributed by atoms with Crippen LogP contribution in [0.3, 0.4) is 0 Å². The van der Waals surface area contributed by atoms with E-state index in [1.807, 2.05) is 0 Å². The third kappa shape index (κ3) is 4.92. The van der Waals surface area contributed by atoms with Gasteiger partial charge in [0, 0.05) is 31.1 Å². The Hall–Kier alpha value is -1.05. The highest BCUT2D eigenvalue weighted by molar-refractivity contribution is 7.94. The fraction of sp³-hybridized carbons (Fsp3) is 0.688. The van der Waals surface area contributed by atoms with E-state index in [1.165, 1.54) is 10.4 Å². The van der Waals surface area contributed by atoms with Gasteiger partial charge in [0.05, 0.1) is 6.61 Å². The van der Waals surface area contributed by atoms with Crippen LogP contribution in [0.2, 0.25) is 0 Å². The molecule has 0 bridgehead atoms. The molecule has 9 nitrogen and oxygen atoms in total. The average Bonchev–Trinajstić information content (AvgIpc) is 3.29. The molecule has 3 rings (SSSR count). The van der Waals surface area contributed by atoms with Crippen molar-refractivity contribution in [2.45, 2.75) is 47.1 Å². The second-order valence-corrected chi connectivity index (χ2v) is 12.0. The fourth-order valence-corrected chi connectivity index (χ4v) is 7.42. The average molecular weight is 452 g/mol. The molecule has 12 heteroatoms. The zero-order valence-electron chi connectivity index (χ0n) is 15.6. The van der Waals surface area contributed by atoms with Gasteiger partial charge in [0.25, 0.3) is 10.0 Å². The number of hydrogen-bond acceptors (Lipinski definition) is 8. The van der Waals surface area contributed by atoms with Crippen LogP contribution in [-0.4, -0.2) is 53.4 Å². The Labute approximate surface area is 169 Å². The van der Waals surface area contributed by atoms with E-state index in [0.717, 1.165) is 19.4 Å². The SMILES string of the molecule is CCOC(=O)CCCN1C[C@H](NCC2CC2)c2cc(S(N)(=O)=O)sc2S1(=O)=O. The van der Waals surface area contributed by atoms with Gasteiger partial charge in [-0.05, 0) is 44.7 Å². The molecular weight excluding hydrogens is 426 g/mol. The number of fused-ring (bicyclic) bond motifs is 1. The lowest BCUT2D eigenvalue weighted by Crippen LogP contribution is -2.44. The van der Waals surface area contributed by atoms with Crippen molar-refractivity contribution in [1.29, 1.82) is 0 Å². The van der Waals surface area contributed by atoms with Gasteiger partial charge in [-0.15, -0.1) is 11.3 Å². The quantitative estimate of drug-likeness (QED) is 0.530. The molecule has 0 spiro atoms. The molecule has 1 aliphatic carbocycles. The van der Waals surface area contributed by atoms with E-state index in [0.29, 0.717) is 29.2 Å². The number of nitrogens with one attached hydrogen (secondary N) is 1. The van der Waals surface area contributed by atoms with Crippen LogP contribution < -0.4 is 10.5 Å². The van der Waals surface area contributed by atoms with Gasteiger partial charge in [-0.25, -0.2) is 22.0 Å². The van der Waals surface area contributed by atoms with E-state index in [1.54, 1.807) is 6.92 Å². The lowest BCUT2D eigenvalue weighted by atomic mass is 10.1. The highest BCUT2D eigenvalue weighted by Gasteiger charge is 2.40. The molecule has 0 aromatic carbocycles. The van der Waals surface area contributed by atoms with Crippen LogP contribution in [0.1, 0.15) is 44.2 Å². The summed E-state index contributed by atoms with van der Waals surface area (Å²) in [6.07, 6.45) is 2.73. The molecule has 0 saturated heterocycles. The highest BCUT2D eigenvalue weighted by atomic mass is 32.3. The van der Waals surface area contributed by atoms with Crippen LogP contribution in [-0.2, 0) is 29.6 Å². The third-order valence-electron chi connectivity index (χ3n) is 4.76. The van der Waals surface area contributed by atoms with Crippen molar-refractivity contribution >= 4 is 37.4 Å². The molecule has 158 valence electrons. The molecule has 1 fully saturated rings. The monoisotopic (exact) mass is 451 g/mol. The van der Waals surface area contributed by atoms with Gasteiger partial charge in [-0.1, -0.05) is 0 Å². The van der Waals surface area contributed by atoms with E-state index in [4.69, 9.17) is 9.88 Å². The Kier molecular flexibility index (Phi) is 6.47. The van der Waals surface area contributed by atoms with Gasteiger partial charge >= 0.3 is 5.97 Å². The first-order valence-corrected chi connectivity index (χ1v) is 13.0. The first-order chi connectivity index (χ1) is 13.1. The van der Waals surface area contributed by atoms with Crippen molar-refractivity contribution in [3.8, 4) is 0 Å². The molecule has 2 heterocycles. The van der Waals surface area contributed by atoms with Crippen LogP contribution in [0.25, 0.3) is 0 Å². The van der Waals surface area contributed by atoms with Crippen molar-refractivity contribution < 1.29 is 26.4 Å². The summed E-state index contributed by atoms with van der Waals surface area (Å²) in [7, 11) is -7.84. The van der Waals surface area contributed by atoms with E-state index in [9.17, 15) is 21.6 Å². The molecule has 3 N–H and O–H groups in total. The number of carbonyl (C=O) groups is 1. The third-order valence-corrected chi connectivity index (χ3v) is 9.73. The Morgan fingerprint density at radius 1 is 1.43 bits per heavy atom. The Bertz CT molecular complexity index is 937. The lowest BCUT2D eigenvalue weighted by molar-refractivity contribution is -0.143. The largest absolute Gasteiger partial charge is 0.466 e.